The molecule has 0 N–H and O–H groups in total. The van der Waals surface area contributed by atoms with Gasteiger partial charge in [-0.25, -0.2) is 8.42 Å². The molecule has 0 spiro atoms. The average Bonchev–Trinajstić information content (AvgIpc) is 2.98. The molecule has 0 aliphatic carbocycles. The van der Waals surface area contributed by atoms with Crippen LogP contribution in [0.5, 0.6) is 0 Å². The zero-order chi connectivity index (χ0) is 20.1. The highest BCUT2D eigenvalue weighted by Gasteiger charge is 2.30. The number of hydrogen-bond acceptors (Lipinski definition) is 7. The molecule has 0 aromatic heterocycles. The van der Waals surface area contributed by atoms with E-state index in [0.717, 1.165) is 25.7 Å². The predicted octanol–water partition coefficient (Wildman–Crippen LogP) is 1.81. The van der Waals surface area contributed by atoms with E-state index in [1.54, 1.807) is 6.07 Å². The highest BCUT2D eigenvalue weighted by atomic mass is 32.2. The number of nitro benzene ring substituents is 1. The van der Waals surface area contributed by atoms with E-state index < -0.39 is 14.9 Å². The molecule has 28 heavy (non-hydrogen) atoms. The van der Waals surface area contributed by atoms with Crippen molar-refractivity contribution in [1.82, 2.24) is 9.21 Å². The molecule has 152 valence electrons. The smallest absolute Gasteiger partial charge is 0.293 e. The third-order valence-electron chi connectivity index (χ3n) is 5.35. The Labute approximate surface area is 165 Å². The normalized spacial score (nSPS) is 19.8. The summed E-state index contributed by atoms with van der Waals surface area (Å²) in [6, 6.07) is 6.32. The number of hydrogen-bond donors (Lipinski definition) is 0. The Morgan fingerprint density at radius 2 is 1.68 bits per heavy atom. The maximum Gasteiger partial charge on any atom is 0.293 e. The number of sulfonamides is 1. The second-order valence-corrected chi connectivity index (χ2v) is 9.09. The van der Waals surface area contributed by atoms with Crippen LogP contribution in [-0.4, -0.2) is 68.4 Å². The Morgan fingerprint density at radius 1 is 1.04 bits per heavy atom. The van der Waals surface area contributed by atoms with Gasteiger partial charge in [0.15, 0.2) is 0 Å². The van der Waals surface area contributed by atoms with Crippen molar-refractivity contribution in [3.05, 3.63) is 28.3 Å². The summed E-state index contributed by atoms with van der Waals surface area (Å²) >= 11 is 0. The van der Waals surface area contributed by atoms with Crippen LogP contribution < -0.4 is 4.90 Å². The van der Waals surface area contributed by atoms with Crippen molar-refractivity contribution in [2.75, 3.05) is 50.7 Å². The Bertz CT molecular complexity index is 851. The summed E-state index contributed by atoms with van der Waals surface area (Å²) in [5.74, 6) is 0. The maximum atomic E-state index is 13.0. The average molecular weight is 407 g/mol. The van der Waals surface area contributed by atoms with Crippen LogP contribution in [0, 0.1) is 21.4 Å². The van der Waals surface area contributed by atoms with E-state index in [2.05, 4.69) is 6.07 Å². The number of piperazine rings is 1. The first-order chi connectivity index (χ1) is 13.4. The van der Waals surface area contributed by atoms with E-state index in [4.69, 9.17) is 5.26 Å². The number of rotatable bonds is 5. The molecule has 0 radical (unpaired) electrons. The molecule has 0 atom stereocenters. The zero-order valence-electron chi connectivity index (χ0n) is 15.8. The van der Waals surface area contributed by atoms with Gasteiger partial charge >= 0.3 is 0 Å². The van der Waals surface area contributed by atoms with Gasteiger partial charge in [0.1, 0.15) is 5.69 Å². The number of benzene rings is 1. The van der Waals surface area contributed by atoms with E-state index in [-0.39, 0.29) is 10.6 Å². The van der Waals surface area contributed by atoms with Crippen molar-refractivity contribution in [2.45, 2.75) is 30.6 Å². The fraction of sp³-hybridized carbons (Fsp3) is 0.611. The number of nitriles is 1. The van der Waals surface area contributed by atoms with Crippen molar-refractivity contribution in [2.24, 2.45) is 0 Å². The Morgan fingerprint density at radius 3 is 2.25 bits per heavy atom. The summed E-state index contributed by atoms with van der Waals surface area (Å²) in [7, 11) is -3.74. The van der Waals surface area contributed by atoms with Gasteiger partial charge in [0.2, 0.25) is 10.0 Å². The minimum absolute atomic E-state index is 0.0204. The largest absolute Gasteiger partial charge is 0.363 e. The Balaban J connectivity index is 1.85. The van der Waals surface area contributed by atoms with Gasteiger partial charge in [-0.2, -0.15) is 9.57 Å². The molecule has 0 amide bonds. The van der Waals surface area contributed by atoms with Gasteiger partial charge in [0.25, 0.3) is 5.69 Å². The maximum absolute atomic E-state index is 13.0. The molecule has 2 aliphatic heterocycles. The summed E-state index contributed by atoms with van der Waals surface area (Å²) in [6.07, 6.45) is 3.63. The molecule has 2 saturated heterocycles. The molecule has 2 fully saturated rings. The van der Waals surface area contributed by atoms with Crippen molar-refractivity contribution >= 4 is 21.4 Å². The first kappa shape index (κ1) is 20.5. The highest BCUT2D eigenvalue weighted by Crippen LogP contribution is 2.33. The quantitative estimate of drug-likeness (QED) is 0.416. The van der Waals surface area contributed by atoms with Gasteiger partial charge in [-0.3, -0.25) is 15.0 Å². The highest BCUT2D eigenvalue weighted by molar-refractivity contribution is 7.89. The van der Waals surface area contributed by atoms with Crippen LogP contribution in [0.3, 0.4) is 0 Å². The molecular weight excluding hydrogens is 382 g/mol. The summed E-state index contributed by atoms with van der Waals surface area (Å²) < 4.78 is 27.4. The standard InChI is InChI=1S/C18H25N5O4S/c19-7-10-20-11-13-21(14-12-20)17-6-5-16(15-18(17)23(24)25)28(26,27)22-8-3-1-2-4-9-22/h5-6,15H,1-4,8-14H2. The molecule has 1 aromatic carbocycles. The molecule has 2 aliphatic rings. The number of nitro groups is 1. The summed E-state index contributed by atoms with van der Waals surface area (Å²) in [5.41, 5.74) is 0.237. The van der Waals surface area contributed by atoms with E-state index in [9.17, 15) is 18.5 Å². The first-order valence-electron chi connectivity index (χ1n) is 9.56. The Hall–Kier alpha value is -2.22. The lowest BCUT2D eigenvalue weighted by atomic mass is 10.2. The Kier molecular flexibility index (Phi) is 6.49. The van der Waals surface area contributed by atoms with Crippen LogP contribution >= 0.6 is 0 Å². The van der Waals surface area contributed by atoms with Crippen LogP contribution in [0.4, 0.5) is 11.4 Å². The molecule has 2 heterocycles. The lowest BCUT2D eigenvalue weighted by Gasteiger charge is -2.34. The van der Waals surface area contributed by atoms with Gasteiger partial charge in [-0.15, -0.1) is 0 Å². The van der Waals surface area contributed by atoms with Crippen LogP contribution in [0.15, 0.2) is 23.1 Å². The van der Waals surface area contributed by atoms with Crippen molar-refractivity contribution < 1.29 is 13.3 Å². The molecule has 0 unspecified atom stereocenters. The molecule has 10 heteroatoms. The van der Waals surface area contributed by atoms with Gasteiger partial charge in [0.05, 0.1) is 22.4 Å². The van der Waals surface area contributed by atoms with Gasteiger partial charge in [-0.1, -0.05) is 12.8 Å². The SMILES string of the molecule is N#CCN1CCN(c2ccc(S(=O)(=O)N3CCCCCC3)cc2[N+](=O)[O-])CC1. The van der Waals surface area contributed by atoms with Crippen LogP contribution in [0.2, 0.25) is 0 Å². The van der Waals surface area contributed by atoms with Crippen LogP contribution in [-0.2, 0) is 10.0 Å². The third kappa shape index (κ3) is 4.43. The summed E-state index contributed by atoms with van der Waals surface area (Å²) in [6.45, 7) is 3.64. The second kappa shape index (κ2) is 8.86. The third-order valence-corrected chi connectivity index (χ3v) is 7.25. The van der Waals surface area contributed by atoms with Crippen LogP contribution in [0.25, 0.3) is 0 Å². The monoisotopic (exact) mass is 407 g/mol. The number of nitrogens with zero attached hydrogens (tertiary/aromatic N) is 5. The van der Waals surface area contributed by atoms with Gasteiger partial charge < -0.3 is 4.90 Å². The molecule has 9 nitrogen and oxygen atoms in total. The molecule has 1 aromatic rings. The lowest BCUT2D eigenvalue weighted by Crippen LogP contribution is -2.46. The fourth-order valence-corrected chi connectivity index (χ4v) is 5.29. The van der Waals surface area contributed by atoms with Crippen molar-refractivity contribution in [3.63, 3.8) is 0 Å². The minimum Gasteiger partial charge on any atom is -0.363 e. The van der Waals surface area contributed by atoms with Crippen molar-refractivity contribution in [3.8, 4) is 6.07 Å². The minimum atomic E-state index is -3.74. The molecule has 0 bridgehead atoms. The first-order valence-corrected chi connectivity index (χ1v) is 11.0. The van der Waals surface area contributed by atoms with Crippen molar-refractivity contribution in [1.29, 1.82) is 5.26 Å². The second-order valence-electron chi connectivity index (χ2n) is 7.15. The molecule has 3 rings (SSSR count). The molecular formula is C18H25N5O4S. The summed E-state index contributed by atoms with van der Waals surface area (Å²) in [4.78, 5) is 15.0. The van der Waals surface area contributed by atoms with E-state index in [1.807, 2.05) is 9.80 Å². The zero-order valence-corrected chi connectivity index (χ0v) is 16.6. The number of anilines is 1. The van der Waals surface area contributed by atoms with E-state index in [1.165, 1.54) is 16.4 Å². The van der Waals surface area contributed by atoms with Gasteiger partial charge in [0, 0.05) is 45.3 Å². The van der Waals surface area contributed by atoms with E-state index in [0.29, 0.717) is 51.5 Å². The molecule has 0 saturated carbocycles. The topological polar surface area (TPSA) is 111 Å². The lowest BCUT2D eigenvalue weighted by molar-refractivity contribution is -0.384. The predicted molar refractivity (Wildman–Crippen MR) is 105 cm³/mol. The van der Waals surface area contributed by atoms with Crippen LogP contribution in [0.1, 0.15) is 25.7 Å². The fourth-order valence-electron chi connectivity index (χ4n) is 3.76. The van der Waals surface area contributed by atoms with E-state index >= 15 is 0 Å². The van der Waals surface area contributed by atoms with Gasteiger partial charge in [-0.05, 0) is 25.0 Å². The summed E-state index contributed by atoms with van der Waals surface area (Å²) in [5, 5.41) is 20.5.